The lowest BCUT2D eigenvalue weighted by Crippen LogP contribution is -2.39. The molecule has 1 atom stereocenters. The van der Waals surface area contributed by atoms with Gasteiger partial charge in [0.15, 0.2) is 9.84 Å². The molecule has 3 aromatic rings. The second kappa shape index (κ2) is 8.01. The van der Waals surface area contributed by atoms with Crippen molar-refractivity contribution in [3.8, 4) is 16.3 Å². The highest BCUT2D eigenvalue weighted by atomic mass is 32.2. The number of carbonyl (C=O) groups is 1. The lowest BCUT2D eigenvalue weighted by Gasteiger charge is -2.20. The number of thioether (sulfide) groups is 1. The molecule has 0 N–H and O–H groups in total. The normalized spacial score (nSPS) is 22.0. The number of nitrogens with zero attached hydrogens (tertiary/aromatic N) is 3. The van der Waals surface area contributed by atoms with E-state index in [1.165, 1.54) is 16.7 Å². The summed E-state index contributed by atoms with van der Waals surface area (Å²) in [4.78, 5) is 16.1. The van der Waals surface area contributed by atoms with E-state index in [4.69, 9.17) is 17.3 Å². The third-order valence-electron chi connectivity index (χ3n) is 5.20. The van der Waals surface area contributed by atoms with Crippen LogP contribution in [0.3, 0.4) is 0 Å². The molecule has 2 aliphatic heterocycles. The van der Waals surface area contributed by atoms with Crippen LogP contribution in [0.1, 0.15) is 12.0 Å². The number of hydrogen-bond donors (Lipinski definition) is 0. The van der Waals surface area contributed by atoms with E-state index in [1.807, 2.05) is 60.1 Å². The molecular weight excluding hydrogens is 471 g/mol. The highest BCUT2D eigenvalue weighted by Crippen LogP contribution is 2.38. The summed E-state index contributed by atoms with van der Waals surface area (Å²) in [7, 11) is -3.11. The number of rotatable bonds is 4. The zero-order valence-electron chi connectivity index (χ0n) is 16.2. The van der Waals surface area contributed by atoms with Crippen molar-refractivity contribution in [3.63, 3.8) is 0 Å². The summed E-state index contributed by atoms with van der Waals surface area (Å²) in [5.74, 6) is -0.166. The van der Waals surface area contributed by atoms with E-state index in [9.17, 15) is 13.2 Å². The van der Waals surface area contributed by atoms with Gasteiger partial charge in [0.25, 0.3) is 5.91 Å². The van der Waals surface area contributed by atoms with Crippen LogP contribution in [0, 0.1) is 0 Å². The Balaban J connectivity index is 1.52. The fraction of sp³-hybridized carbons (Fsp3) is 0.190. The number of para-hydroxylation sites is 1. The van der Waals surface area contributed by atoms with Crippen molar-refractivity contribution in [3.05, 3.63) is 64.5 Å². The second-order valence-electron chi connectivity index (χ2n) is 7.30. The lowest BCUT2D eigenvalue weighted by atomic mass is 10.2. The Bertz CT molecular complexity index is 1290. The van der Waals surface area contributed by atoms with Crippen LogP contribution in [-0.2, 0) is 14.6 Å². The van der Waals surface area contributed by atoms with Crippen LogP contribution >= 0.6 is 35.3 Å². The highest BCUT2D eigenvalue weighted by molar-refractivity contribution is 8.26. The number of hydrogen-bond acceptors (Lipinski definition) is 7. The monoisotopic (exact) mass is 487 g/mol. The van der Waals surface area contributed by atoms with Crippen molar-refractivity contribution in [1.29, 1.82) is 0 Å². The second-order valence-corrected chi connectivity index (χ2v) is 12.2. The Morgan fingerprint density at radius 3 is 2.65 bits per heavy atom. The largest absolute Gasteiger partial charge is 0.289 e. The van der Waals surface area contributed by atoms with Crippen LogP contribution < -0.4 is 0 Å². The van der Waals surface area contributed by atoms with Gasteiger partial charge in [0.05, 0.1) is 33.0 Å². The fourth-order valence-corrected chi connectivity index (χ4v) is 7.55. The molecular formula is C21H17N3O3S4. The maximum Gasteiger partial charge on any atom is 0.266 e. The van der Waals surface area contributed by atoms with E-state index in [1.54, 1.807) is 16.0 Å². The molecule has 31 heavy (non-hydrogen) atoms. The zero-order chi connectivity index (χ0) is 21.6. The molecule has 0 bridgehead atoms. The summed E-state index contributed by atoms with van der Waals surface area (Å²) in [6.07, 6.45) is 4.13. The Morgan fingerprint density at radius 2 is 1.97 bits per heavy atom. The smallest absolute Gasteiger partial charge is 0.266 e. The van der Waals surface area contributed by atoms with Crippen molar-refractivity contribution in [2.24, 2.45) is 0 Å². The quantitative estimate of drug-likeness (QED) is 0.409. The third kappa shape index (κ3) is 4.00. The molecule has 2 saturated heterocycles. The van der Waals surface area contributed by atoms with Gasteiger partial charge in [0.2, 0.25) is 0 Å². The summed E-state index contributed by atoms with van der Waals surface area (Å²) >= 11 is 8.22. The molecule has 0 aliphatic carbocycles. The van der Waals surface area contributed by atoms with Crippen molar-refractivity contribution in [2.45, 2.75) is 12.5 Å². The first kappa shape index (κ1) is 20.6. The molecule has 10 heteroatoms. The summed E-state index contributed by atoms with van der Waals surface area (Å²) in [5.41, 5.74) is 2.52. The maximum absolute atomic E-state index is 13.1. The predicted molar refractivity (Wildman–Crippen MR) is 129 cm³/mol. The van der Waals surface area contributed by atoms with Crippen LogP contribution in [0.4, 0.5) is 0 Å². The molecule has 158 valence electrons. The number of thiophene rings is 1. The van der Waals surface area contributed by atoms with Crippen LogP contribution in [0.5, 0.6) is 0 Å². The van der Waals surface area contributed by atoms with Crippen LogP contribution in [0.2, 0.25) is 0 Å². The van der Waals surface area contributed by atoms with Crippen molar-refractivity contribution in [2.75, 3.05) is 11.5 Å². The van der Waals surface area contributed by atoms with E-state index < -0.39 is 9.84 Å². The highest BCUT2D eigenvalue weighted by Gasteiger charge is 2.42. The summed E-state index contributed by atoms with van der Waals surface area (Å²) in [6, 6.07) is 13.4. The van der Waals surface area contributed by atoms with E-state index >= 15 is 0 Å². The average molecular weight is 488 g/mol. The minimum absolute atomic E-state index is 0.0287. The zero-order valence-corrected chi connectivity index (χ0v) is 19.4. The van der Waals surface area contributed by atoms with Gasteiger partial charge in [-0.25, -0.2) is 13.1 Å². The van der Waals surface area contributed by atoms with E-state index in [0.717, 1.165) is 21.8 Å². The Hall–Kier alpha value is -2.27. The molecule has 0 unspecified atom stereocenters. The molecule has 0 radical (unpaired) electrons. The predicted octanol–water partition coefficient (Wildman–Crippen LogP) is 3.99. The number of benzene rings is 1. The van der Waals surface area contributed by atoms with E-state index in [2.05, 4.69) is 0 Å². The standard InChI is InChI=1S/C21H17N3O3S4/c25-20-18(30-21(28)24(20)16-8-10-31(26,27)13-16)11-14-12-23(15-5-2-1-3-6-15)22-19(14)17-7-4-9-29-17/h1-7,9,11-12,16H,8,10,13H2/b18-11-/t16-/m0/s1. The molecule has 2 aliphatic rings. The minimum atomic E-state index is -3.11. The lowest BCUT2D eigenvalue weighted by molar-refractivity contribution is -0.123. The Kier molecular flexibility index (Phi) is 5.33. The summed E-state index contributed by atoms with van der Waals surface area (Å²) in [5, 5.41) is 6.75. The minimum Gasteiger partial charge on any atom is -0.289 e. The third-order valence-corrected chi connectivity index (χ3v) is 9.16. The first-order valence-corrected chi connectivity index (χ1v) is 13.5. The van der Waals surface area contributed by atoms with Crippen molar-refractivity contribution < 1.29 is 13.2 Å². The number of sulfone groups is 1. The fourth-order valence-electron chi connectivity index (χ4n) is 3.73. The van der Waals surface area contributed by atoms with Gasteiger partial charge in [-0.05, 0) is 36.1 Å². The van der Waals surface area contributed by atoms with Crippen molar-refractivity contribution in [1.82, 2.24) is 14.7 Å². The van der Waals surface area contributed by atoms with Gasteiger partial charge in [0, 0.05) is 11.8 Å². The number of aromatic nitrogens is 2. The molecule has 2 fully saturated rings. The van der Waals surface area contributed by atoms with Crippen LogP contribution in [0.15, 0.2) is 58.9 Å². The SMILES string of the molecule is O=C1/C(=C/c2cn(-c3ccccc3)nc2-c2cccs2)SC(=S)N1[C@H]1CCS(=O)(=O)C1. The molecule has 5 rings (SSSR count). The summed E-state index contributed by atoms with van der Waals surface area (Å²) in [6.45, 7) is 0. The van der Waals surface area contributed by atoms with Crippen LogP contribution in [-0.4, -0.2) is 50.9 Å². The first-order chi connectivity index (χ1) is 14.9. The Morgan fingerprint density at radius 1 is 1.16 bits per heavy atom. The Labute approximate surface area is 193 Å². The summed E-state index contributed by atoms with van der Waals surface area (Å²) < 4.78 is 26.0. The maximum atomic E-state index is 13.1. The molecule has 1 aromatic carbocycles. The molecule has 4 heterocycles. The van der Waals surface area contributed by atoms with Gasteiger partial charge in [-0.1, -0.05) is 48.2 Å². The van der Waals surface area contributed by atoms with Gasteiger partial charge < -0.3 is 0 Å². The molecule has 6 nitrogen and oxygen atoms in total. The van der Waals surface area contributed by atoms with Gasteiger partial charge in [-0.3, -0.25) is 9.69 Å². The van der Waals surface area contributed by atoms with Gasteiger partial charge in [-0.2, -0.15) is 5.10 Å². The number of carbonyl (C=O) groups excluding carboxylic acids is 1. The molecule has 1 amide bonds. The van der Waals surface area contributed by atoms with E-state index in [0.29, 0.717) is 15.6 Å². The van der Waals surface area contributed by atoms with E-state index in [-0.39, 0.29) is 23.5 Å². The van der Waals surface area contributed by atoms with Crippen LogP contribution in [0.25, 0.3) is 22.3 Å². The van der Waals surface area contributed by atoms with Gasteiger partial charge in [-0.15, -0.1) is 11.3 Å². The van der Waals surface area contributed by atoms with Gasteiger partial charge in [0.1, 0.15) is 10.0 Å². The molecule has 0 spiro atoms. The number of thiocarbonyl (C=S) groups is 1. The molecule has 0 saturated carbocycles. The molecule has 2 aromatic heterocycles. The average Bonchev–Trinajstić information content (AvgIpc) is 3.51. The van der Waals surface area contributed by atoms with Gasteiger partial charge >= 0.3 is 0 Å². The number of amides is 1. The first-order valence-electron chi connectivity index (χ1n) is 9.58. The van der Waals surface area contributed by atoms with Crippen molar-refractivity contribution >= 4 is 61.5 Å². The topological polar surface area (TPSA) is 72.3 Å².